The molecule has 2 amide bonds. The molecule has 0 spiro atoms. The van der Waals surface area contributed by atoms with Crippen LogP contribution in [0.2, 0.25) is 0 Å². The molecule has 0 bridgehead atoms. The van der Waals surface area contributed by atoms with Gasteiger partial charge in [-0.2, -0.15) is 0 Å². The third-order valence-corrected chi connectivity index (χ3v) is 6.61. The van der Waals surface area contributed by atoms with Crippen molar-refractivity contribution < 1.29 is 9.59 Å². The van der Waals surface area contributed by atoms with Crippen LogP contribution in [0.1, 0.15) is 42.4 Å². The molecular weight excluding hydrogens is 382 g/mol. The van der Waals surface area contributed by atoms with Gasteiger partial charge in [0.05, 0.1) is 12.3 Å². The van der Waals surface area contributed by atoms with E-state index in [-0.39, 0.29) is 24.1 Å². The molecule has 1 N–H and O–H groups in total. The fourth-order valence-corrected chi connectivity index (χ4v) is 4.78. The number of hydrogen-bond donors (Lipinski definition) is 1. The summed E-state index contributed by atoms with van der Waals surface area (Å²) < 4.78 is 2.19. The highest BCUT2D eigenvalue weighted by atomic mass is 32.2. The van der Waals surface area contributed by atoms with Crippen LogP contribution in [0.15, 0.2) is 22.7 Å². The summed E-state index contributed by atoms with van der Waals surface area (Å²) in [4.78, 5) is 27.2. The SMILES string of the molecule is O=C(CSc1nnc(Cc2cccs2)n1C1CC1)NCC(=O)N1CCCC1. The first kappa shape index (κ1) is 18.5. The molecule has 2 aromatic rings. The molecule has 7 nitrogen and oxygen atoms in total. The summed E-state index contributed by atoms with van der Waals surface area (Å²) in [6.07, 6.45) is 5.16. The summed E-state index contributed by atoms with van der Waals surface area (Å²) in [7, 11) is 0. The molecule has 1 aliphatic heterocycles. The number of nitrogens with one attached hydrogen (secondary N) is 1. The maximum Gasteiger partial charge on any atom is 0.241 e. The molecule has 2 aromatic heterocycles. The lowest BCUT2D eigenvalue weighted by Crippen LogP contribution is -2.39. The average Bonchev–Trinajstić information content (AvgIpc) is 3.11. The smallest absolute Gasteiger partial charge is 0.241 e. The van der Waals surface area contributed by atoms with Crippen molar-refractivity contribution in [2.75, 3.05) is 25.4 Å². The Bertz CT molecular complexity index is 795. The minimum absolute atomic E-state index is 0.00484. The van der Waals surface area contributed by atoms with Gasteiger partial charge in [-0.25, -0.2) is 0 Å². The minimum Gasteiger partial charge on any atom is -0.346 e. The summed E-state index contributed by atoms with van der Waals surface area (Å²) >= 11 is 3.11. The first-order valence-electron chi connectivity index (χ1n) is 9.34. The van der Waals surface area contributed by atoms with E-state index in [0.717, 1.165) is 56.2 Å². The minimum atomic E-state index is -0.141. The van der Waals surface area contributed by atoms with Crippen LogP contribution in [0.25, 0.3) is 0 Å². The van der Waals surface area contributed by atoms with Crippen LogP contribution in [0.4, 0.5) is 0 Å². The van der Waals surface area contributed by atoms with Crippen molar-refractivity contribution >= 4 is 34.9 Å². The monoisotopic (exact) mass is 405 g/mol. The van der Waals surface area contributed by atoms with Crippen molar-refractivity contribution in [1.82, 2.24) is 25.0 Å². The Balaban J connectivity index is 1.30. The van der Waals surface area contributed by atoms with Gasteiger partial charge >= 0.3 is 0 Å². The van der Waals surface area contributed by atoms with Crippen molar-refractivity contribution in [3.05, 3.63) is 28.2 Å². The molecule has 0 aromatic carbocycles. The van der Waals surface area contributed by atoms with Gasteiger partial charge in [-0.15, -0.1) is 21.5 Å². The number of nitrogens with zero attached hydrogens (tertiary/aromatic N) is 4. The van der Waals surface area contributed by atoms with Crippen LogP contribution in [0.5, 0.6) is 0 Å². The molecule has 0 radical (unpaired) electrons. The van der Waals surface area contributed by atoms with Gasteiger partial charge in [-0.05, 0) is 37.1 Å². The van der Waals surface area contributed by atoms with Crippen LogP contribution in [-0.4, -0.2) is 56.9 Å². The van der Waals surface area contributed by atoms with Crippen molar-refractivity contribution in [1.29, 1.82) is 0 Å². The molecule has 0 atom stereocenters. The number of amides is 2. The Morgan fingerprint density at radius 1 is 1.26 bits per heavy atom. The van der Waals surface area contributed by atoms with Crippen molar-refractivity contribution in [2.24, 2.45) is 0 Å². The number of likely N-dealkylation sites (tertiary alicyclic amines) is 1. The molecule has 2 fully saturated rings. The molecule has 2 aliphatic rings. The standard InChI is InChI=1S/C18H23N5O2S2/c24-16(19-11-17(25)22-7-1-2-8-22)12-27-18-21-20-15(23(18)13-5-6-13)10-14-4-3-9-26-14/h3-4,9,13H,1-2,5-8,10-12H2,(H,19,24). The van der Waals surface area contributed by atoms with Crippen molar-refractivity contribution in [2.45, 2.75) is 43.3 Å². The van der Waals surface area contributed by atoms with E-state index in [1.165, 1.54) is 16.6 Å². The largest absolute Gasteiger partial charge is 0.346 e. The first-order chi connectivity index (χ1) is 13.2. The summed E-state index contributed by atoms with van der Waals surface area (Å²) in [5.74, 6) is 1.08. The van der Waals surface area contributed by atoms with Gasteiger partial charge in [0.25, 0.3) is 0 Å². The van der Waals surface area contributed by atoms with E-state index in [2.05, 4.69) is 31.5 Å². The maximum atomic E-state index is 12.1. The molecule has 1 saturated carbocycles. The zero-order valence-corrected chi connectivity index (χ0v) is 16.7. The normalized spacial score (nSPS) is 16.7. The second kappa shape index (κ2) is 8.43. The van der Waals surface area contributed by atoms with E-state index in [1.807, 2.05) is 11.0 Å². The third kappa shape index (κ3) is 4.70. The van der Waals surface area contributed by atoms with Gasteiger partial charge in [0.15, 0.2) is 5.16 Å². The molecule has 1 aliphatic carbocycles. The predicted octanol–water partition coefficient (Wildman–Crippen LogP) is 2.10. The van der Waals surface area contributed by atoms with Crippen molar-refractivity contribution in [3.63, 3.8) is 0 Å². The Kier molecular flexibility index (Phi) is 5.77. The number of thioether (sulfide) groups is 1. The van der Waals surface area contributed by atoms with Crippen molar-refractivity contribution in [3.8, 4) is 0 Å². The Morgan fingerprint density at radius 2 is 2.07 bits per heavy atom. The number of carbonyl (C=O) groups excluding carboxylic acids is 2. The van der Waals surface area contributed by atoms with Gasteiger partial charge in [0.1, 0.15) is 5.82 Å². The fourth-order valence-electron chi connectivity index (χ4n) is 3.23. The topological polar surface area (TPSA) is 80.1 Å². The highest BCUT2D eigenvalue weighted by Crippen LogP contribution is 2.39. The van der Waals surface area contributed by atoms with Gasteiger partial charge in [-0.3, -0.25) is 9.59 Å². The summed E-state index contributed by atoms with van der Waals surface area (Å²) in [6, 6.07) is 4.60. The molecular formula is C18H23N5O2S2. The van der Waals surface area contributed by atoms with E-state index in [1.54, 1.807) is 11.3 Å². The number of carbonyl (C=O) groups is 2. The Morgan fingerprint density at radius 3 is 2.78 bits per heavy atom. The Labute approximate surface area is 166 Å². The lowest BCUT2D eigenvalue weighted by Gasteiger charge is -2.15. The molecule has 1 saturated heterocycles. The Hall–Kier alpha value is -1.87. The fraction of sp³-hybridized carbons (Fsp3) is 0.556. The lowest BCUT2D eigenvalue weighted by molar-refractivity contribution is -0.131. The van der Waals surface area contributed by atoms with Gasteiger partial charge in [-0.1, -0.05) is 17.8 Å². The number of hydrogen-bond acceptors (Lipinski definition) is 6. The highest BCUT2D eigenvalue weighted by Gasteiger charge is 2.30. The van der Waals surface area contributed by atoms with E-state index in [0.29, 0.717) is 6.04 Å². The van der Waals surface area contributed by atoms with E-state index in [9.17, 15) is 9.59 Å². The second-order valence-electron chi connectivity index (χ2n) is 6.91. The van der Waals surface area contributed by atoms with Crippen LogP contribution in [0.3, 0.4) is 0 Å². The molecule has 27 heavy (non-hydrogen) atoms. The van der Waals surface area contributed by atoms with Crippen LogP contribution >= 0.6 is 23.1 Å². The van der Waals surface area contributed by atoms with Crippen LogP contribution in [-0.2, 0) is 16.0 Å². The number of thiophene rings is 1. The summed E-state index contributed by atoms with van der Waals surface area (Å²) in [5.41, 5.74) is 0. The summed E-state index contributed by atoms with van der Waals surface area (Å²) in [5, 5.41) is 14.3. The van der Waals surface area contributed by atoms with E-state index < -0.39 is 0 Å². The molecule has 9 heteroatoms. The van der Waals surface area contributed by atoms with E-state index in [4.69, 9.17) is 0 Å². The molecule has 144 valence electrons. The van der Waals surface area contributed by atoms with Gasteiger partial charge in [0.2, 0.25) is 11.8 Å². The molecule has 0 unspecified atom stereocenters. The quantitative estimate of drug-likeness (QED) is 0.681. The first-order valence-corrected chi connectivity index (χ1v) is 11.2. The van der Waals surface area contributed by atoms with Crippen LogP contribution in [0, 0.1) is 0 Å². The van der Waals surface area contributed by atoms with Crippen LogP contribution < -0.4 is 5.32 Å². The van der Waals surface area contributed by atoms with Gasteiger partial charge < -0.3 is 14.8 Å². The second-order valence-corrected chi connectivity index (χ2v) is 8.88. The predicted molar refractivity (Wildman–Crippen MR) is 105 cm³/mol. The average molecular weight is 406 g/mol. The lowest BCUT2D eigenvalue weighted by atomic mass is 10.3. The molecule has 4 rings (SSSR count). The van der Waals surface area contributed by atoms with E-state index >= 15 is 0 Å². The van der Waals surface area contributed by atoms with Gasteiger partial charge in [0, 0.05) is 30.4 Å². The number of aromatic nitrogens is 3. The molecule has 3 heterocycles. The maximum absolute atomic E-state index is 12.1. The highest BCUT2D eigenvalue weighted by molar-refractivity contribution is 7.99. The zero-order valence-electron chi connectivity index (χ0n) is 15.1. The number of rotatable bonds is 8. The third-order valence-electron chi connectivity index (χ3n) is 4.79. The zero-order chi connectivity index (χ0) is 18.6. The summed E-state index contributed by atoms with van der Waals surface area (Å²) in [6.45, 7) is 1.69.